The van der Waals surface area contributed by atoms with Gasteiger partial charge in [0.1, 0.15) is 18.3 Å². The molecule has 0 aromatic carbocycles. The van der Waals surface area contributed by atoms with Crippen LogP contribution in [0, 0.1) is 0 Å². The molecule has 2 aliphatic rings. The number of rotatable bonds is 2. The summed E-state index contributed by atoms with van der Waals surface area (Å²) in [6, 6.07) is 0. The van der Waals surface area contributed by atoms with Crippen LogP contribution in [0.3, 0.4) is 0 Å². The average molecular weight is 423 g/mol. The second kappa shape index (κ2) is 5.81. The first-order chi connectivity index (χ1) is 12.5. The molecule has 0 spiro atoms. The van der Waals surface area contributed by atoms with Crippen LogP contribution in [-0.4, -0.2) is 64.2 Å². The zero-order valence-corrected chi connectivity index (χ0v) is 15.2. The van der Waals surface area contributed by atoms with Crippen molar-refractivity contribution in [2.24, 2.45) is 0 Å². The van der Waals surface area contributed by atoms with E-state index in [1.54, 1.807) is 0 Å². The minimum Gasteiger partial charge on any atom is -0.756 e. The first-order valence-corrected chi connectivity index (χ1v) is 10.8. The Bertz CT molecular complexity index is 1150. The summed E-state index contributed by atoms with van der Waals surface area (Å²) < 4.78 is 51.5. The van der Waals surface area contributed by atoms with Gasteiger partial charge in [-0.25, -0.2) is 13.4 Å². The SMILES string of the molecule is CS(=O)(=O)c1nc2c(=O)[nH]c(N)nc2n1[C@@H]1OC2COP(=O)([O-])O[C@H]2C1O.[H+]. The van der Waals surface area contributed by atoms with E-state index in [1.807, 2.05) is 0 Å². The number of aliphatic hydroxyl groups excluding tert-OH is 1. The van der Waals surface area contributed by atoms with Crippen molar-refractivity contribution in [1.82, 2.24) is 19.5 Å². The molecular weight excluding hydrogens is 409 g/mol. The van der Waals surface area contributed by atoms with Crippen LogP contribution in [0.5, 0.6) is 0 Å². The highest BCUT2D eigenvalue weighted by molar-refractivity contribution is 7.90. The Hall–Kier alpha value is -1.87. The van der Waals surface area contributed by atoms with E-state index in [9.17, 15) is 27.8 Å². The lowest BCUT2D eigenvalue weighted by molar-refractivity contribution is -0.245. The molecule has 2 aromatic heterocycles. The lowest BCUT2D eigenvalue weighted by Gasteiger charge is -2.34. The van der Waals surface area contributed by atoms with E-state index >= 15 is 0 Å². The van der Waals surface area contributed by atoms with Gasteiger partial charge in [-0.3, -0.25) is 18.9 Å². The first kappa shape index (κ1) is 18.5. The van der Waals surface area contributed by atoms with Gasteiger partial charge in [0.25, 0.3) is 13.4 Å². The van der Waals surface area contributed by atoms with Crippen LogP contribution in [0.15, 0.2) is 9.95 Å². The third-order valence-corrected chi connectivity index (χ3v) is 6.00. The van der Waals surface area contributed by atoms with E-state index in [1.165, 1.54) is 0 Å². The topological polar surface area (TPSA) is 212 Å². The Morgan fingerprint density at radius 1 is 1.48 bits per heavy atom. The van der Waals surface area contributed by atoms with Crippen LogP contribution < -0.4 is 16.2 Å². The fourth-order valence-electron chi connectivity index (χ4n) is 3.01. The van der Waals surface area contributed by atoms with E-state index in [2.05, 4.69) is 19.5 Å². The summed E-state index contributed by atoms with van der Waals surface area (Å²) in [5.74, 6) is -0.317. The van der Waals surface area contributed by atoms with Crippen molar-refractivity contribution < 1.29 is 38.2 Å². The highest BCUT2D eigenvalue weighted by Crippen LogP contribution is 2.49. The van der Waals surface area contributed by atoms with Crippen LogP contribution in [-0.2, 0) is 28.2 Å². The number of nitrogens with two attached hydrogens (primary N) is 1. The van der Waals surface area contributed by atoms with Gasteiger partial charge in [0.15, 0.2) is 17.4 Å². The number of anilines is 1. The summed E-state index contributed by atoms with van der Waals surface area (Å²) >= 11 is 0. The number of phosphoric ester groups is 1. The predicted molar refractivity (Wildman–Crippen MR) is 85.1 cm³/mol. The number of aromatic nitrogens is 4. The average Bonchev–Trinajstić information content (AvgIpc) is 3.05. The summed E-state index contributed by atoms with van der Waals surface area (Å²) in [6.07, 6.45) is -4.60. The van der Waals surface area contributed by atoms with Crippen LogP contribution in [0.4, 0.5) is 5.95 Å². The summed E-state index contributed by atoms with van der Waals surface area (Å²) in [6.45, 7) is -0.435. The van der Waals surface area contributed by atoms with E-state index < -0.39 is 59.5 Å². The van der Waals surface area contributed by atoms with Crippen LogP contribution in [0.1, 0.15) is 7.65 Å². The van der Waals surface area contributed by atoms with Crippen molar-refractivity contribution >= 4 is 34.8 Å². The number of ether oxygens (including phenoxy) is 1. The predicted octanol–water partition coefficient (Wildman–Crippen LogP) is -2.64. The third kappa shape index (κ3) is 2.97. The molecule has 4 rings (SSSR count). The molecule has 0 amide bonds. The van der Waals surface area contributed by atoms with Gasteiger partial charge in [-0.2, -0.15) is 4.98 Å². The minimum atomic E-state index is -4.63. The Morgan fingerprint density at radius 2 is 2.19 bits per heavy atom. The van der Waals surface area contributed by atoms with E-state index in [0.29, 0.717) is 0 Å². The highest BCUT2D eigenvalue weighted by Gasteiger charge is 2.51. The maximum atomic E-state index is 12.2. The first-order valence-electron chi connectivity index (χ1n) is 7.43. The molecule has 2 saturated heterocycles. The molecule has 2 aliphatic heterocycles. The maximum absolute atomic E-state index is 12.2. The molecule has 16 heteroatoms. The number of nitrogen functional groups attached to an aromatic ring is 1. The number of nitrogens with zero attached hydrogens (tertiary/aromatic N) is 3. The monoisotopic (exact) mass is 423 g/mol. The van der Waals surface area contributed by atoms with Crippen molar-refractivity contribution in [2.45, 2.75) is 29.7 Å². The molecule has 0 radical (unpaired) electrons. The fraction of sp³-hybridized carbons (Fsp3) is 0.545. The number of hydrogen-bond donors (Lipinski definition) is 3. The lowest BCUT2D eigenvalue weighted by Crippen LogP contribution is -2.41. The van der Waals surface area contributed by atoms with Crippen molar-refractivity contribution in [3.63, 3.8) is 0 Å². The van der Waals surface area contributed by atoms with Crippen molar-refractivity contribution in [3.8, 4) is 0 Å². The number of fused-ring (bicyclic) bond motifs is 2. The summed E-state index contributed by atoms with van der Waals surface area (Å²) in [5.41, 5.74) is 4.11. The number of sulfone groups is 1. The third-order valence-electron chi connectivity index (χ3n) is 4.08. The molecule has 3 unspecified atom stereocenters. The summed E-state index contributed by atoms with van der Waals surface area (Å²) in [5, 5.41) is 9.91. The molecule has 0 bridgehead atoms. The molecule has 4 N–H and O–H groups in total. The lowest BCUT2D eigenvalue weighted by atomic mass is 10.1. The maximum Gasteiger partial charge on any atom is 1.00 e. The largest absolute Gasteiger partial charge is 1.00 e. The molecule has 2 aromatic rings. The van der Waals surface area contributed by atoms with E-state index in [0.717, 1.165) is 10.8 Å². The Balaban J connectivity index is 0.00000225. The van der Waals surface area contributed by atoms with Crippen LogP contribution in [0.25, 0.3) is 11.2 Å². The Labute approximate surface area is 151 Å². The van der Waals surface area contributed by atoms with Crippen LogP contribution >= 0.6 is 7.82 Å². The second-order valence-electron chi connectivity index (χ2n) is 6.03. The molecule has 148 valence electrons. The standard InChI is InChI=1S/C11H14N5O9PS/c1-27(21,22)11-13-4-7(14-10(12)15-8(4)18)16(11)9-5(17)6-3(24-9)2-23-26(19,20)25-6/h3,5-6,9,17H,2H2,1H3,(H,19,20)(H3,12,14,15,18)/t3?,5?,6-,9-/m1/s1. The number of nitrogens with one attached hydrogen (secondary N) is 1. The van der Waals surface area contributed by atoms with E-state index in [-0.39, 0.29) is 18.5 Å². The fourth-order valence-corrected chi connectivity index (χ4v) is 4.77. The minimum absolute atomic E-state index is 0. The number of aromatic amines is 1. The number of H-pyrrole nitrogens is 1. The van der Waals surface area contributed by atoms with E-state index in [4.69, 9.17) is 15.0 Å². The smallest absolute Gasteiger partial charge is 0.756 e. The van der Waals surface area contributed by atoms with Gasteiger partial charge in [0.05, 0.1) is 6.61 Å². The number of phosphoric acid groups is 1. The van der Waals surface area contributed by atoms with Gasteiger partial charge in [-0.15, -0.1) is 0 Å². The van der Waals surface area contributed by atoms with Gasteiger partial charge >= 0.3 is 1.43 Å². The molecule has 5 atom stereocenters. The molecule has 4 heterocycles. The van der Waals surface area contributed by atoms with Gasteiger partial charge in [-0.05, 0) is 0 Å². The quantitative estimate of drug-likeness (QED) is 0.423. The van der Waals surface area contributed by atoms with Gasteiger partial charge in [0.2, 0.25) is 20.9 Å². The second-order valence-corrected chi connectivity index (χ2v) is 9.30. The summed E-state index contributed by atoms with van der Waals surface area (Å²) in [4.78, 5) is 33.4. The molecule has 14 nitrogen and oxygen atoms in total. The van der Waals surface area contributed by atoms with Crippen LogP contribution in [0.2, 0.25) is 0 Å². The molecule has 0 saturated carbocycles. The molecule has 0 aliphatic carbocycles. The summed E-state index contributed by atoms with van der Waals surface area (Å²) in [7, 11) is -8.63. The molecule has 2 fully saturated rings. The zero-order chi connectivity index (χ0) is 19.7. The number of hydrogen-bond acceptors (Lipinski definition) is 12. The van der Waals surface area contributed by atoms with Gasteiger partial charge in [-0.1, -0.05) is 0 Å². The number of imidazole rings is 1. The van der Waals surface area contributed by atoms with Crippen molar-refractivity contribution in [2.75, 3.05) is 18.6 Å². The van der Waals surface area contributed by atoms with Gasteiger partial charge < -0.3 is 29.5 Å². The van der Waals surface area contributed by atoms with Gasteiger partial charge in [0, 0.05) is 6.26 Å². The Morgan fingerprint density at radius 3 is 2.85 bits per heavy atom. The highest BCUT2D eigenvalue weighted by atomic mass is 32.2. The van der Waals surface area contributed by atoms with Crippen molar-refractivity contribution in [3.05, 3.63) is 10.4 Å². The molecule has 27 heavy (non-hydrogen) atoms. The van der Waals surface area contributed by atoms with Crippen molar-refractivity contribution in [1.29, 1.82) is 0 Å². The Kier molecular flexibility index (Phi) is 3.98. The normalized spacial score (nSPS) is 34.0. The zero-order valence-electron chi connectivity index (χ0n) is 14.5. The molecular formula is C11H14N5O9PS. The number of aliphatic hydroxyl groups is 1.